The van der Waals surface area contributed by atoms with Gasteiger partial charge in [-0.3, -0.25) is 14.7 Å². The molecule has 3 aliphatic rings. The van der Waals surface area contributed by atoms with Crippen LogP contribution in [0.25, 0.3) is 0 Å². The Labute approximate surface area is 144 Å². The molecule has 3 aliphatic heterocycles. The summed E-state index contributed by atoms with van der Waals surface area (Å²) in [6.07, 6.45) is 1.59. The Balaban J connectivity index is 1.45. The first-order valence-corrected chi connectivity index (χ1v) is 9.23. The number of benzene rings is 1. The zero-order valence-electron chi connectivity index (χ0n) is 14.3. The molecule has 1 spiro atoms. The Morgan fingerprint density at radius 1 is 1.04 bits per heavy atom. The second-order valence-corrected chi connectivity index (χ2v) is 7.86. The summed E-state index contributed by atoms with van der Waals surface area (Å²) >= 11 is 0. The largest absolute Gasteiger partial charge is 0.396 e. The van der Waals surface area contributed by atoms with Crippen LogP contribution in [0.1, 0.15) is 18.4 Å². The summed E-state index contributed by atoms with van der Waals surface area (Å²) in [7, 11) is 0. The van der Waals surface area contributed by atoms with Crippen molar-refractivity contribution in [2.24, 2.45) is 0 Å². The Hall–Kier alpha value is -0.980. The van der Waals surface area contributed by atoms with E-state index in [9.17, 15) is 5.11 Å². The number of aliphatic hydroxyl groups excluding tert-OH is 2. The number of nitrogens with zero attached hydrogens (tertiary/aromatic N) is 3. The number of piperazine rings is 1. The normalized spacial score (nSPS) is 30.4. The van der Waals surface area contributed by atoms with E-state index < -0.39 is 0 Å². The van der Waals surface area contributed by atoms with E-state index in [1.54, 1.807) is 0 Å². The molecule has 0 radical (unpaired) electrons. The van der Waals surface area contributed by atoms with Crippen molar-refractivity contribution >= 4 is 0 Å². The number of likely N-dealkylation sites (tertiary alicyclic amines) is 1. The quantitative estimate of drug-likeness (QED) is 0.817. The van der Waals surface area contributed by atoms with Gasteiger partial charge < -0.3 is 10.2 Å². The molecule has 0 amide bonds. The summed E-state index contributed by atoms with van der Waals surface area (Å²) < 4.78 is 0. The highest BCUT2D eigenvalue weighted by Gasteiger charge is 2.55. The lowest BCUT2D eigenvalue weighted by atomic mass is 9.83. The van der Waals surface area contributed by atoms with Crippen molar-refractivity contribution in [3.8, 4) is 0 Å². The van der Waals surface area contributed by atoms with Crippen LogP contribution in [0.3, 0.4) is 0 Å². The second kappa shape index (κ2) is 6.73. The van der Waals surface area contributed by atoms with Gasteiger partial charge in [0.15, 0.2) is 0 Å². The minimum Gasteiger partial charge on any atom is -0.396 e. The predicted molar refractivity (Wildman–Crippen MR) is 93.7 cm³/mol. The van der Waals surface area contributed by atoms with E-state index in [0.29, 0.717) is 6.04 Å². The maximum absolute atomic E-state index is 10.2. The molecule has 3 heterocycles. The molecule has 0 bridgehead atoms. The fourth-order valence-corrected chi connectivity index (χ4v) is 5.00. The van der Waals surface area contributed by atoms with Crippen LogP contribution < -0.4 is 0 Å². The van der Waals surface area contributed by atoms with Crippen molar-refractivity contribution in [2.45, 2.75) is 37.1 Å². The zero-order valence-corrected chi connectivity index (χ0v) is 14.3. The number of rotatable bonds is 5. The third kappa shape index (κ3) is 3.11. The Kier molecular flexibility index (Phi) is 4.62. The first kappa shape index (κ1) is 16.5. The van der Waals surface area contributed by atoms with Crippen LogP contribution >= 0.6 is 0 Å². The van der Waals surface area contributed by atoms with E-state index >= 15 is 0 Å². The molecule has 0 aromatic heterocycles. The monoisotopic (exact) mass is 331 g/mol. The molecule has 2 atom stereocenters. The van der Waals surface area contributed by atoms with Crippen LogP contribution in [0.2, 0.25) is 0 Å². The minimum absolute atomic E-state index is 0.171. The highest BCUT2D eigenvalue weighted by Crippen LogP contribution is 2.39. The number of hydrogen-bond acceptors (Lipinski definition) is 5. The van der Waals surface area contributed by atoms with E-state index in [1.807, 2.05) is 0 Å². The molecule has 2 N–H and O–H groups in total. The smallest absolute Gasteiger partial charge is 0.0682 e. The second-order valence-electron chi connectivity index (χ2n) is 7.86. The fourth-order valence-electron chi connectivity index (χ4n) is 5.00. The third-order valence-electron chi connectivity index (χ3n) is 5.91. The predicted octanol–water partition coefficient (Wildman–Crippen LogP) is 0.374. The van der Waals surface area contributed by atoms with E-state index in [4.69, 9.17) is 5.11 Å². The van der Waals surface area contributed by atoms with Gasteiger partial charge in [0.25, 0.3) is 0 Å². The van der Waals surface area contributed by atoms with Gasteiger partial charge in [-0.15, -0.1) is 0 Å². The average molecular weight is 331 g/mol. The third-order valence-corrected chi connectivity index (χ3v) is 5.91. The first-order valence-electron chi connectivity index (χ1n) is 9.23. The van der Waals surface area contributed by atoms with Gasteiger partial charge in [0.1, 0.15) is 0 Å². The molecule has 0 unspecified atom stereocenters. The van der Waals surface area contributed by atoms with Gasteiger partial charge in [-0.25, -0.2) is 0 Å². The molecule has 1 aromatic carbocycles. The summed E-state index contributed by atoms with van der Waals surface area (Å²) in [6, 6.07) is 11.2. The maximum atomic E-state index is 10.2. The van der Waals surface area contributed by atoms with E-state index in [2.05, 4.69) is 45.0 Å². The number of aliphatic hydroxyl groups is 2. The van der Waals surface area contributed by atoms with Crippen molar-refractivity contribution in [2.75, 3.05) is 45.9 Å². The SMILES string of the molecule is OCCCN1CC2(CN(Cc3ccccc3)C[C@H]3C[C@@H](O)CN32)C1. The Bertz CT molecular complexity index is 547. The van der Waals surface area contributed by atoms with Crippen molar-refractivity contribution in [1.29, 1.82) is 0 Å². The standard InChI is InChI=1S/C19H29N3O2/c23-8-4-7-20-13-19(14-20)15-21(10-16-5-2-1-3-6-16)11-17-9-18(24)12-22(17)19/h1-3,5-6,17-18,23-24H,4,7-15H2/t17-,18-/m1/s1. The van der Waals surface area contributed by atoms with Crippen LogP contribution in [-0.2, 0) is 6.54 Å². The van der Waals surface area contributed by atoms with Crippen molar-refractivity contribution in [3.05, 3.63) is 35.9 Å². The topological polar surface area (TPSA) is 50.2 Å². The molecular weight excluding hydrogens is 302 g/mol. The van der Waals surface area contributed by atoms with Crippen LogP contribution in [0.4, 0.5) is 0 Å². The maximum Gasteiger partial charge on any atom is 0.0682 e. The highest BCUT2D eigenvalue weighted by molar-refractivity contribution is 5.17. The molecule has 3 fully saturated rings. The van der Waals surface area contributed by atoms with E-state index in [1.165, 1.54) is 5.56 Å². The van der Waals surface area contributed by atoms with Gasteiger partial charge in [0, 0.05) is 58.5 Å². The van der Waals surface area contributed by atoms with Crippen molar-refractivity contribution < 1.29 is 10.2 Å². The van der Waals surface area contributed by atoms with Crippen LogP contribution in [-0.4, -0.2) is 88.5 Å². The lowest BCUT2D eigenvalue weighted by molar-refractivity contribution is -0.115. The van der Waals surface area contributed by atoms with Crippen molar-refractivity contribution in [3.63, 3.8) is 0 Å². The molecule has 1 aromatic rings. The van der Waals surface area contributed by atoms with Gasteiger partial charge in [0.2, 0.25) is 0 Å². The van der Waals surface area contributed by atoms with Crippen molar-refractivity contribution in [1.82, 2.24) is 14.7 Å². The summed E-state index contributed by atoms with van der Waals surface area (Å²) in [5.41, 5.74) is 1.57. The molecule has 0 aliphatic carbocycles. The van der Waals surface area contributed by atoms with Gasteiger partial charge in [-0.05, 0) is 18.4 Å². The lowest BCUT2D eigenvalue weighted by Gasteiger charge is -2.61. The van der Waals surface area contributed by atoms with E-state index in [-0.39, 0.29) is 18.2 Å². The summed E-state index contributed by atoms with van der Waals surface area (Å²) in [6.45, 7) is 7.37. The molecule has 24 heavy (non-hydrogen) atoms. The molecule has 132 valence electrons. The lowest BCUT2D eigenvalue weighted by Crippen LogP contribution is -2.77. The van der Waals surface area contributed by atoms with Crippen LogP contribution in [0.5, 0.6) is 0 Å². The van der Waals surface area contributed by atoms with E-state index in [0.717, 1.165) is 58.7 Å². The summed E-state index contributed by atoms with van der Waals surface area (Å²) in [5, 5.41) is 19.2. The molecule has 5 heteroatoms. The molecule has 4 rings (SSSR count). The average Bonchev–Trinajstić information content (AvgIpc) is 2.92. The van der Waals surface area contributed by atoms with Gasteiger partial charge in [-0.2, -0.15) is 0 Å². The van der Waals surface area contributed by atoms with Gasteiger partial charge in [-0.1, -0.05) is 30.3 Å². The van der Waals surface area contributed by atoms with Gasteiger partial charge in [0.05, 0.1) is 11.6 Å². The highest BCUT2D eigenvalue weighted by atomic mass is 16.3. The summed E-state index contributed by atoms with van der Waals surface area (Å²) in [4.78, 5) is 7.62. The number of β-amino-alcohol motifs (C(OH)–C–C–N with tert-alkyl or cyclic N) is 1. The number of hydrogen-bond donors (Lipinski definition) is 2. The first-order chi connectivity index (χ1) is 11.7. The fraction of sp³-hybridized carbons (Fsp3) is 0.684. The van der Waals surface area contributed by atoms with Crippen LogP contribution in [0, 0.1) is 0 Å². The number of fused-ring (bicyclic) bond motifs is 2. The molecule has 0 saturated carbocycles. The van der Waals surface area contributed by atoms with Crippen LogP contribution in [0.15, 0.2) is 30.3 Å². The Morgan fingerprint density at radius 3 is 2.54 bits per heavy atom. The van der Waals surface area contributed by atoms with Gasteiger partial charge >= 0.3 is 0 Å². The minimum atomic E-state index is -0.171. The Morgan fingerprint density at radius 2 is 1.79 bits per heavy atom. The summed E-state index contributed by atoms with van der Waals surface area (Å²) in [5.74, 6) is 0. The molecule has 5 nitrogen and oxygen atoms in total. The molecule has 3 saturated heterocycles. The molecular formula is C19H29N3O2. The zero-order chi connectivity index (χ0) is 16.6.